The van der Waals surface area contributed by atoms with Crippen LogP contribution in [0.2, 0.25) is 0 Å². The van der Waals surface area contributed by atoms with Gasteiger partial charge < -0.3 is 19.9 Å². The highest BCUT2D eigenvalue weighted by Gasteiger charge is 2.14. The van der Waals surface area contributed by atoms with Crippen LogP contribution in [0.1, 0.15) is 50.9 Å². The number of ether oxygens (including phenoxy) is 2. The summed E-state index contributed by atoms with van der Waals surface area (Å²) in [4.78, 5) is 22.9. The van der Waals surface area contributed by atoms with Crippen molar-refractivity contribution in [3.05, 3.63) is 23.8 Å². The van der Waals surface area contributed by atoms with Gasteiger partial charge in [0.05, 0.1) is 6.61 Å². The number of hydrogen-bond donors (Lipinski definition) is 2. The van der Waals surface area contributed by atoms with Crippen molar-refractivity contribution in [1.82, 2.24) is 5.32 Å². The molecule has 24 heavy (non-hydrogen) atoms. The van der Waals surface area contributed by atoms with Crippen molar-refractivity contribution in [3.8, 4) is 11.5 Å². The Morgan fingerprint density at radius 1 is 1.12 bits per heavy atom. The van der Waals surface area contributed by atoms with Gasteiger partial charge in [0, 0.05) is 11.6 Å². The first-order valence-corrected chi connectivity index (χ1v) is 8.25. The molecule has 1 amide bonds. The molecule has 0 aliphatic carbocycles. The molecule has 6 heteroatoms. The molecule has 1 aromatic rings. The van der Waals surface area contributed by atoms with E-state index in [2.05, 4.69) is 19.2 Å². The summed E-state index contributed by atoms with van der Waals surface area (Å²) < 4.78 is 10.6. The van der Waals surface area contributed by atoms with E-state index in [-0.39, 0.29) is 11.9 Å². The molecule has 0 spiro atoms. The Kier molecular flexibility index (Phi) is 8.09. The summed E-state index contributed by atoms with van der Waals surface area (Å²) in [6, 6.07) is 4.81. The van der Waals surface area contributed by atoms with E-state index in [0.29, 0.717) is 29.6 Å². The van der Waals surface area contributed by atoms with E-state index in [0.717, 1.165) is 12.8 Å². The third-order valence-electron chi connectivity index (χ3n) is 3.41. The normalized spacial score (nSPS) is 11.9. The van der Waals surface area contributed by atoms with E-state index < -0.39 is 12.6 Å². The summed E-state index contributed by atoms with van der Waals surface area (Å²) in [5.41, 5.74) is 0.456. The van der Waals surface area contributed by atoms with Crippen LogP contribution in [0.25, 0.3) is 0 Å². The molecule has 0 aliphatic heterocycles. The third kappa shape index (κ3) is 6.89. The summed E-state index contributed by atoms with van der Waals surface area (Å²) in [5.74, 6) is 0.0136. The monoisotopic (exact) mass is 337 g/mol. The highest BCUT2D eigenvalue weighted by atomic mass is 16.5. The first-order valence-electron chi connectivity index (χ1n) is 8.25. The second kappa shape index (κ2) is 9.80. The van der Waals surface area contributed by atoms with Gasteiger partial charge in [0.2, 0.25) is 0 Å². The second-order valence-corrected chi connectivity index (χ2v) is 6.12. The van der Waals surface area contributed by atoms with E-state index in [4.69, 9.17) is 14.6 Å². The van der Waals surface area contributed by atoms with E-state index in [1.807, 2.05) is 13.8 Å². The van der Waals surface area contributed by atoms with Gasteiger partial charge >= 0.3 is 5.97 Å². The zero-order valence-corrected chi connectivity index (χ0v) is 14.8. The average molecular weight is 337 g/mol. The lowest BCUT2D eigenvalue weighted by molar-refractivity contribution is -0.139. The number of carboxylic acid groups (broad SMARTS) is 1. The zero-order valence-electron chi connectivity index (χ0n) is 14.8. The van der Waals surface area contributed by atoms with Crippen LogP contribution in [0.5, 0.6) is 11.5 Å². The fourth-order valence-electron chi connectivity index (χ4n) is 2.14. The van der Waals surface area contributed by atoms with Gasteiger partial charge in [0.1, 0.15) is 0 Å². The number of nitrogens with one attached hydrogen (secondary N) is 1. The molecule has 0 heterocycles. The maximum atomic E-state index is 12.3. The summed E-state index contributed by atoms with van der Waals surface area (Å²) >= 11 is 0. The van der Waals surface area contributed by atoms with Crippen LogP contribution in [0.3, 0.4) is 0 Å². The molecule has 0 saturated heterocycles. The van der Waals surface area contributed by atoms with Crippen LogP contribution < -0.4 is 14.8 Å². The summed E-state index contributed by atoms with van der Waals surface area (Å²) in [5, 5.41) is 11.7. The van der Waals surface area contributed by atoms with Crippen LogP contribution in [-0.2, 0) is 4.79 Å². The average Bonchev–Trinajstić information content (AvgIpc) is 2.51. The van der Waals surface area contributed by atoms with Gasteiger partial charge in [-0.1, -0.05) is 13.8 Å². The Labute approximate surface area is 143 Å². The number of carboxylic acids is 1. The molecule has 1 aromatic carbocycles. The summed E-state index contributed by atoms with van der Waals surface area (Å²) in [7, 11) is 0. The van der Waals surface area contributed by atoms with Crippen molar-refractivity contribution < 1.29 is 24.2 Å². The molecule has 0 aliphatic rings. The van der Waals surface area contributed by atoms with Crippen molar-refractivity contribution in [2.24, 2.45) is 5.92 Å². The largest absolute Gasteiger partial charge is 0.490 e. The van der Waals surface area contributed by atoms with Crippen molar-refractivity contribution in [1.29, 1.82) is 0 Å². The minimum absolute atomic E-state index is 0.0818. The van der Waals surface area contributed by atoms with Crippen LogP contribution in [0.15, 0.2) is 18.2 Å². The molecule has 1 rings (SSSR count). The van der Waals surface area contributed by atoms with Gasteiger partial charge in [-0.05, 0) is 50.8 Å². The van der Waals surface area contributed by atoms with Crippen molar-refractivity contribution >= 4 is 11.9 Å². The number of carbonyl (C=O) groups is 2. The van der Waals surface area contributed by atoms with Crippen molar-refractivity contribution in [3.63, 3.8) is 0 Å². The van der Waals surface area contributed by atoms with E-state index >= 15 is 0 Å². The first-order chi connectivity index (χ1) is 11.3. The van der Waals surface area contributed by atoms with Crippen LogP contribution in [-0.4, -0.2) is 36.2 Å². The molecule has 0 fully saturated rings. The van der Waals surface area contributed by atoms with E-state index in [1.165, 1.54) is 0 Å². The van der Waals surface area contributed by atoms with Gasteiger partial charge in [0.25, 0.3) is 5.91 Å². The standard InChI is InChI=1S/C18H27NO5/c1-5-23-16-10-14(8-9-15(16)24-11-17(20)21)18(22)19-13(4)7-6-12(2)3/h8-10,12-13H,5-7,11H2,1-4H3,(H,19,22)(H,20,21). The molecular formula is C18H27NO5. The molecule has 0 aromatic heterocycles. The Morgan fingerprint density at radius 3 is 2.42 bits per heavy atom. The number of benzene rings is 1. The van der Waals surface area contributed by atoms with Gasteiger partial charge in [-0.25, -0.2) is 4.79 Å². The Morgan fingerprint density at radius 2 is 1.83 bits per heavy atom. The maximum Gasteiger partial charge on any atom is 0.341 e. The van der Waals surface area contributed by atoms with Gasteiger partial charge in [0.15, 0.2) is 18.1 Å². The number of hydrogen-bond acceptors (Lipinski definition) is 4. The SMILES string of the molecule is CCOc1cc(C(=O)NC(C)CCC(C)C)ccc1OCC(=O)O. The molecule has 134 valence electrons. The maximum absolute atomic E-state index is 12.3. The Bertz CT molecular complexity index is 556. The lowest BCUT2D eigenvalue weighted by Crippen LogP contribution is -2.32. The van der Waals surface area contributed by atoms with Crippen molar-refractivity contribution in [2.75, 3.05) is 13.2 Å². The zero-order chi connectivity index (χ0) is 18.1. The third-order valence-corrected chi connectivity index (χ3v) is 3.41. The topological polar surface area (TPSA) is 84.9 Å². The molecule has 6 nitrogen and oxygen atoms in total. The van der Waals surface area contributed by atoms with Crippen molar-refractivity contribution in [2.45, 2.75) is 46.6 Å². The second-order valence-electron chi connectivity index (χ2n) is 6.12. The van der Waals surface area contributed by atoms with Gasteiger partial charge in [-0.3, -0.25) is 4.79 Å². The molecular weight excluding hydrogens is 310 g/mol. The molecule has 1 atom stereocenters. The minimum Gasteiger partial charge on any atom is -0.490 e. The quantitative estimate of drug-likeness (QED) is 0.685. The van der Waals surface area contributed by atoms with Crippen LogP contribution in [0, 0.1) is 5.92 Å². The minimum atomic E-state index is -1.07. The number of aliphatic carboxylic acids is 1. The Hall–Kier alpha value is -2.24. The fourth-order valence-corrected chi connectivity index (χ4v) is 2.14. The molecule has 1 unspecified atom stereocenters. The fraction of sp³-hybridized carbons (Fsp3) is 0.556. The predicted octanol–water partition coefficient (Wildman–Crippen LogP) is 3.10. The summed E-state index contributed by atoms with van der Waals surface area (Å²) in [6.07, 6.45) is 1.97. The lowest BCUT2D eigenvalue weighted by Gasteiger charge is -2.16. The lowest BCUT2D eigenvalue weighted by atomic mass is 10.0. The number of carbonyl (C=O) groups excluding carboxylic acids is 1. The smallest absolute Gasteiger partial charge is 0.341 e. The van der Waals surface area contributed by atoms with E-state index in [1.54, 1.807) is 18.2 Å². The highest BCUT2D eigenvalue weighted by molar-refractivity contribution is 5.95. The number of amides is 1. The van der Waals surface area contributed by atoms with Gasteiger partial charge in [-0.2, -0.15) is 0 Å². The Balaban J connectivity index is 2.78. The molecule has 0 saturated carbocycles. The highest BCUT2D eigenvalue weighted by Crippen LogP contribution is 2.28. The van der Waals surface area contributed by atoms with Crippen LogP contribution >= 0.6 is 0 Å². The van der Waals surface area contributed by atoms with Gasteiger partial charge in [-0.15, -0.1) is 0 Å². The molecule has 2 N–H and O–H groups in total. The molecule has 0 radical (unpaired) electrons. The predicted molar refractivity (Wildman–Crippen MR) is 91.7 cm³/mol. The van der Waals surface area contributed by atoms with E-state index in [9.17, 15) is 9.59 Å². The first kappa shape index (κ1) is 19.8. The number of rotatable bonds is 10. The van der Waals surface area contributed by atoms with Crippen LogP contribution in [0.4, 0.5) is 0 Å². The molecule has 0 bridgehead atoms. The summed E-state index contributed by atoms with van der Waals surface area (Å²) in [6.45, 7) is 8.02.